The van der Waals surface area contributed by atoms with Gasteiger partial charge in [0.25, 0.3) is 11.8 Å². The van der Waals surface area contributed by atoms with Gasteiger partial charge in [-0.1, -0.05) is 30.9 Å². The van der Waals surface area contributed by atoms with Crippen molar-refractivity contribution in [2.45, 2.75) is 52.0 Å². The molecular weight excluding hydrogens is 364 g/mol. The molecule has 7 heteroatoms. The number of anilines is 1. The lowest BCUT2D eigenvalue weighted by atomic mass is 9.95. The molecule has 0 saturated heterocycles. The average molecular weight is 389 g/mol. The number of nitrogens with zero attached hydrogens (tertiary/aromatic N) is 2. The maximum atomic E-state index is 13.1. The van der Waals surface area contributed by atoms with Crippen molar-refractivity contribution in [3.8, 4) is 0 Å². The van der Waals surface area contributed by atoms with E-state index in [2.05, 4.69) is 15.7 Å². The monoisotopic (exact) mass is 388 g/mol. The van der Waals surface area contributed by atoms with Crippen molar-refractivity contribution in [2.75, 3.05) is 12.4 Å². The van der Waals surface area contributed by atoms with Gasteiger partial charge in [-0.2, -0.15) is 5.10 Å². The molecule has 1 aromatic heterocycles. The summed E-state index contributed by atoms with van der Waals surface area (Å²) in [7, 11) is 1.55. The molecule has 1 heterocycles. The first-order valence-corrected chi connectivity index (χ1v) is 9.68. The van der Waals surface area contributed by atoms with Crippen LogP contribution in [-0.2, 0) is 0 Å². The number of aryl methyl sites for hydroxylation is 2. The number of hydrogen-bond acceptors (Lipinski definition) is 3. The van der Waals surface area contributed by atoms with Gasteiger partial charge in [0.15, 0.2) is 0 Å². The van der Waals surface area contributed by atoms with Gasteiger partial charge >= 0.3 is 0 Å². The summed E-state index contributed by atoms with van der Waals surface area (Å²) in [5.41, 5.74) is 2.88. The van der Waals surface area contributed by atoms with Gasteiger partial charge in [-0.05, 0) is 50.5 Å². The van der Waals surface area contributed by atoms with Gasteiger partial charge in [0.1, 0.15) is 5.69 Å². The second-order valence-corrected chi connectivity index (χ2v) is 7.52. The normalized spacial score (nSPS) is 14.8. The van der Waals surface area contributed by atoms with Crippen molar-refractivity contribution in [3.63, 3.8) is 0 Å². The highest BCUT2D eigenvalue weighted by Crippen LogP contribution is 2.30. The third-order valence-electron chi connectivity index (χ3n) is 5.02. The fourth-order valence-corrected chi connectivity index (χ4v) is 3.96. The number of halogens is 1. The Bertz CT molecular complexity index is 869. The first-order valence-electron chi connectivity index (χ1n) is 9.30. The van der Waals surface area contributed by atoms with Crippen LogP contribution in [0.5, 0.6) is 0 Å². The van der Waals surface area contributed by atoms with Crippen molar-refractivity contribution in [2.24, 2.45) is 0 Å². The lowest BCUT2D eigenvalue weighted by Crippen LogP contribution is -2.25. The zero-order valence-electron chi connectivity index (χ0n) is 15.9. The van der Waals surface area contributed by atoms with Crippen molar-refractivity contribution in [1.82, 2.24) is 15.1 Å². The molecule has 1 saturated carbocycles. The Kier molecular flexibility index (Phi) is 5.85. The summed E-state index contributed by atoms with van der Waals surface area (Å²) < 4.78 is 1.86. The van der Waals surface area contributed by atoms with Gasteiger partial charge in [0, 0.05) is 12.1 Å². The summed E-state index contributed by atoms with van der Waals surface area (Å²) >= 11 is 6.10. The van der Waals surface area contributed by atoms with E-state index in [1.54, 1.807) is 25.2 Å². The van der Waals surface area contributed by atoms with E-state index >= 15 is 0 Å². The van der Waals surface area contributed by atoms with Crippen LogP contribution >= 0.6 is 11.6 Å². The molecule has 1 aliphatic carbocycles. The summed E-state index contributed by atoms with van der Waals surface area (Å²) in [5, 5.41) is 10.5. The Labute approximate surface area is 164 Å². The number of nitrogens with one attached hydrogen (secondary N) is 2. The standard InChI is InChI=1S/C20H25ClN4O2/c1-12-9-14(21)11-16(19(26)22-3)18(12)23-20(27)17-10-13(2)24-25(17)15-7-5-4-6-8-15/h9-11,15H,4-8H2,1-3H3,(H,22,26)(H,23,27). The van der Waals surface area contributed by atoms with Crippen LogP contribution in [0.4, 0.5) is 5.69 Å². The third kappa shape index (κ3) is 4.16. The van der Waals surface area contributed by atoms with Gasteiger partial charge in [-0.15, -0.1) is 0 Å². The van der Waals surface area contributed by atoms with Gasteiger partial charge in [0.2, 0.25) is 0 Å². The molecular formula is C20H25ClN4O2. The Balaban J connectivity index is 1.94. The van der Waals surface area contributed by atoms with Gasteiger partial charge in [-0.25, -0.2) is 0 Å². The van der Waals surface area contributed by atoms with Crippen LogP contribution in [0.3, 0.4) is 0 Å². The maximum Gasteiger partial charge on any atom is 0.273 e. The van der Waals surface area contributed by atoms with Crippen LogP contribution in [0.25, 0.3) is 0 Å². The smallest absolute Gasteiger partial charge is 0.273 e. The number of hydrogen-bond donors (Lipinski definition) is 2. The minimum absolute atomic E-state index is 0.248. The van der Waals surface area contributed by atoms with E-state index in [9.17, 15) is 9.59 Å². The number of carbonyl (C=O) groups is 2. The molecule has 0 radical (unpaired) electrons. The lowest BCUT2D eigenvalue weighted by Gasteiger charge is -2.24. The number of benzene rings is 1. The number of aromatic nitrogens is 2. The van der Waals surface area contributed by atoms with Crippen molar-refractivity contribution >= 4 is 29.1 Å². The summed E-state index contributed by atoms with van der Waals surface area (Å²) in [6.45, 7) is 3.71. The Morgan fingerprint density at radius 2 is 1.81 bits per heavy atom. The SMILES string of the molecule is CNC(=O)c1cc(Cl)cc(C)c1NC(=O)c1cc(C)nn1C1CCCCC1. The molecule has 144 valence electrons. The minimum Gasteiger partial charge on any atom is -0.355 e. The van der Waals surface area contributed by atoms with E-state index in [1.165, 1.54) is 6.42 Å². The summed E-state index contributed by atoms with van der Waals surface area (Å²) in [4.78, 5) is 25.3. The van der Waals surface area contributed by atoms with E-state index < -0.39 is 0 Å². The molecule has 0 unspecified atom stereocenters. The number of amides is 2. The highest BCUT2D eigenvalue weighted by atomic mass is 35.5. The molecule has 3 rings (SSSR count). The lowest BCUT2D eigenvalue weighted by molar-refractivity contribution is 0.0964. The zero-order chi connectivity index (χ0) is 19.6. The highest BCUT2D eigenvalue weighted by Gasteiger charge is 2.24. The van der Waals surface area contributed by atoms with Gasteiger partial charge in [-0.3, -0.25) is 14.3 Å². The minimum atomic E-state index is -0.298. The third-order valence-corrected chi connectivity index (χ3v) is 5.24. The first kappa shape index (κ1) is 19.4. The van der Waals surface area contributed by atoms with Gasteiger partial charge in [0.05, 0.1) is 23.0 Å². The molecule has 27 heavy (non-hydrogen) atoms. The van der Waals surface area contributed by atoms with E-state index in [0.717, 1.165) is 36.9 Å². The maximum absolute atomic E-state index is 13.1. The van der Waals surface area contributed by atoms with E-state index in [-0.39, 0.29) is 17.9 Å². The predicted molar refractivity (Wildman–Crippen MR) is 107 cm³/mol. The molecule has 1 aromatic carbocycles. The van der Waals surface area contributed by atoms with E-state index in [0.29, 0.717) is 22.0 Å². The molecule has 0 aliphatic heterocycles. The van der Waals surface area contributed by atoms with Crippen LogP contribution in [0.15, 0.2) is 18.2 Å². The second kappa shape index (κ2) is 8.13. The van der Waals surface area contributed by atoms with Crippen LogP contribution in [0.1, 0.15) is 70.2 Å². The Morgan fingerprint density at radius 1 is 1.11 bits per heavy atom. The molecule has 1 aliphatic rings. The summed E-state index contributed by atoms with van der Waals surface area (Å²) in [5.74, 6) is -0.565. The summed E-state index contributed by atoms with van der Waals surface area (Å²) in [6.07, 6.45) is 5.61. The van der Waals surface area contributed by atoms with Crippen LogP contribution in [0, 0.1) is 13.8 Å². The first-order chi connectivity index (χ1) is 12.9. The average Bonchev–Trinajstić information content (AvgIpc) is 3.05. The summed E-state index contributed by atoms with van der Waals surface area (Å²) in [6, 6.07) is 5.34. The highest BCUT2D eigenvalue weighted by molar-refractivity contribution is 6.31. The number of rotatable bonds is 4. The second-order valence-electron chi connectivity index (χ2n) is 7.09. The van der Waals surface area contributed by atoms with E-state index in [4.69, 9.17) is 11.6 Å². The van der Waals surface area contributed by atoms with Crippen LogP contribution in [-0.4, -0.2) is 28.6 Å². The molecule has 1 fully saturated rings. The predicted octanol–water partition coefficient (Wildman–Crippen LogP) is 4.27. The molecule has 0 spiro atoms. The van der Waals surface area contributed by atoms with Crippen molar-refractivity contribution < 1.29 is 9.59 Å². The molecule has 0 atom stereocenters. The molecule has 2 amide bonds. The number of carbonyl (C=O) groups excluding carboxylic acids is 2. The zero-order valence-corrected chi connectivity index (χ0v) is 16.7. The van der Waals surface area contributed by atoms with Crippen molar-refractivity contribution in [3.05, 3.63) is 45.7 Å². The molecule has 0 bridgehead atoms. The molecule has 6 nitrogen and oxygen atoms in total. The Hall–Kier alpha value is -2.34. The Morgan fingerprint density at radius 3 is 2.48 bits per heavy atom. The van der Waals surface area contributed by atoms with Gasteiger partial charge < -0.3 is 10.6 Å². The molecule has 2 aromatic rings. The fraction of sp³-hybridized carbons (Fsp3) is 0.450. The fourth-order valence-electron chi connectivity index (χ4n) is 3.69. The topological polar surface area (TPSA) is 76.0 Å². The molecule has 2 N–H and O–H groups in total. The largest absolute Gasteiger partial charge is 0.355 e. The van der Waals surface area contributed by atoms with Crippen molar-refractivity contribution in [1.29, 1.82) is 0 Å². The quantitative estimate of drug-likeness (QED) is 0.821. The van der Waals surface area contributed by atoms with Crippen LogP contribution < -0.4 is 10.6 Å². The van der Waals surface area contributed by atoms with E-state index in [1.807, 2.05) is 18.5 Å². The van der Waals surface area contributed by atoms with Crippen LogP contribution in [0.2, 0.25) is 5.02 Å².